The van der Waals surface area contributed by atoms with Gasteiger partial charge in [-0.3, -0.25) is 4.90 Å². The Hall–Kier alpha value is -0.760. The lowest BCUT2D eigenvalue weighted by molar-refractivity contribution is -0.00671. The minimum Gasteiger partial charge on any atom is -0.388 e. The van der Waals surface area contributed by atoms with Crippen molar-refractivity contribution < 1.29 is 9.84 Å². The maximum atomic E-state index is 9.40. The van der Waals surface area contributed by atoms with Gasteiger partial charge in [-0.1, -0.05) is 6.92 Å². The van der Waals surface area contributed by atoms with Gasteiger partial charge in [-0.25, -0.2) is 4.68 Å². The van der Waals surface area contributed by atoms with E-state index in [1.165, 1.54) is 12.8 Å². The van der Waals surface area contributed by atoms with Crippen LogP contribution in [0.2, 0.25) is 0 Å². The number of nitrogens with zero attached hydrogens (tertiary/aromatic N) is 4. The van der Waals surface area contributed by atoms with E-state index in [2.05, 4.69) is 24.0 Å². The van der Waals surface area contributed by atoms with Crippen molar-refractivity contribution in [2.75, 3.05) is 20.2 Å². The first-order valence-corrected chi connectivity index (χ1v) is 8.14. The van der Waals surface area contributed by atoms with Gasteiger partial charge >= 0.3 is 0 Å². The average molecular weight is 314 g/mol. The summed E-state index contributed by atoms with van der Waals surface area (Å²) in [5.74, 6) is 0.643. The molecule has 0 amide bonds. The summed E-state index contributed by atoms with van der Waals surface area (Å²) < 4.78 is 10.1. The third kappa shape index (κ3) is 4.35. The fourth-order valence-corrected chi connectivity index (χ4v) is 3.02. The van der Waals surface area contributed by atoms with Gasteiger partial charge in [0.1, 0.15) is 6.61 Å². The molecule has 0 aliphatic carbocycles. The largest absolute Gasteiger partial charge is 0.388 e. The van der Waals surface area contributed by atoms with Crippen LogP contribution in [-0.2, 0) is 24.6 Å². The Balaban J connectivity index is 1.99. The molecule has 1 fully saturated rings. The van der Waals surface area contributed by atoms with Crippen LogP contribution in [0, 0.1) is 4.77 Å². The van der Waals surface area contributed by atoms with Gasteiger partial charge in [0, 0.05) is 19.7 Å². The van der Waals surface area contributed by atoms with E-state index in [0.29, 0.717) is 23.4 Å². The lowest BCUT2D eigenvalue weighted by atomic mass is 10.1. The highest BCUT2D eigenvalue weighted by Crippen LogP contribution is 2.14. The van der Waals surface area contributed by atoms with Crippen LogP contribution >= 0.6 is 12.2 Å². The minimum absolute atomic E-state index is 0.0773. The lowest BCUT2D eigenvalue weighted by Crippen LogP contribution is -2.34. The monoisotopic (exact) mass is 314 g/mol. The molecule has 1 aliphatic heterocycles. The molecule has 0 aromatic carbocycles. The number of ether oxygens (including phenoxy) is 1. The van der Waals surface area contributed by atoms with E-state index in [-0.39, 0.29) is 6.61 Å². The van der Waals surface area contributed by atoms with Crippen molar-refractivity contribution in [3.63, 3.8) is 0 Å². The van der Waals surface area contributed by atoms with E-state index < -0.39 is 0 Å². The number of aromatic nitrogens is 3. The Morgan fingerprint density at radius 2 is 2.29 bits per heavy atom. The van der Waals surface area contributed by atoms with E-state index in [0.717, 1.165) is 32.5 Å². The van der Waals surface area contributed by atoms with Crippen LogP contribution < -0.4 is 0 Å². The second-order valence-corrected chi connectivity index (χ2v) is 6.04. The van der Waals surface area contributed by atoms with Crippen LogP contribution in [-0.4, -0.2) is 50.7 Å². The van der Waals surface area contributed by atoms with Gasteiger partial charge in [-0.15, -0.1) is 0 Å². The van der Waals surface area contributed by atoms with Crippen LogP contribution in [0.1, 0.15) is 38.4 Å². The summed E-state index contributed by atoms with van der Waals surface area (Å²) >= 11 is 5.46. The van der Waals surface area contributed by atoms with Gasteiger partial charge in [0.2, 0.25) is 0 Å². The third-order valence-electron chi connectivity index (χ3n) is 3.75. The van der Waals surface area contributed by atoms with Gasteiger partial charge in [0.15, 0.2) is 10.6 Å². The van der Waals surface area contributed by atoms with Crippen molar-refractivity contribution in [2.45, 2.75) is 58.5 Å². The molecule has 1 unspecified atom stereocenters. The topological polar surface area (TPSA) is 55.5 Å². The molecule has 1 saturated heterocycles. The molecule has 2 rings (SSSR count). The minimum atomic E-state index is -0.0773. The van der Waals surface area contributed by atoms with Crippen molar-refractivity contribution in [2.24, 2.45) is 0 Å². The molecule has 1 aliphatic rings. The van der Waals surface area contributed by atoms with Crippen molar-refractivity contribution in [3.05, 3.63) is 10.6 Å². The first kappa shape index (κ1) is 16.6. The number of aliphatic hydroxyl groups excluding tert-OH is 1. The molecule has 0 radical (unpaired) electrons. The van der Waals surface area contributed by atoms with Crippen LogP contribution in [0.3, 0.4) is 0 Å². The number of likely N-dealkylation sites (N-methyl/N-ethyl adjacent to an activating group) is 1. The van der Waals surface area contributed by atoms with Crippen molar-refractivity contribution in [1.82, 2.24) is 19.2 Å². The van der Waals surface area contributed by atoms with E-state index in [1.54, 1.807) is 4.68 Å². The molecular formula is C14H26N4O2S. The molecule has 1 atom stereocenters. The molecule has 21 heavy (non-hydrogen) atoms. The summed E-state index contributed by atoms with van der Waals surface area (Å²) in [7, 11) is 2.05. The summed E-state index contributed by atoms with van der Waals surface area (Å²) in [5, 5.41) is 13.8. The molecule has 0 bridgehead atoms. The Labute approximate surface area is 131 Å². The number of hydrogen-bond donors (Lipinski definition) is 1. The standard InChI is InChI=1S/C14H26N4O2S/c1-3-7-17-13(10-19)15-18(14(17)21)11-16(2)9-12-6-4-5-8-20-12/h12,19H,3-11H2,1-2H3. The smallest absolute Gasteiger partial charge is 0.199 e. The fourth-order valence-electron chi connectivity index (χ4n) is 2.73. The second kappa shape index (κ2) is 8.03. The zero-order valence-electron chi connectivity index (χ0n) is 13.0. The second-order valence-electron chi connectivity index (χ2n) is 5.68. The molecule has 120 valence electrons. The number of hydrogen-bond acceptors (Lipinski definition) is 5. The highest BCUT2D eigenvalue weighted by atomic mass is 32.1. The van der Waals surface area contributed by atoms with Gasteiger partial charge in [0.05, 0.1) is 12.8 Å². The maximum absolute atomic E-state index is 9.40. The molecule has 1 aromatic heterocycles. The molecule has 2 heterocycles. The zero-order chi connectivity index (χ0) is 15.2. The van der Waals surface area contributed by atoms with E-state index in [1.807, 2.05) is 4.57 Å². The maximum Gasteiger partial charge on any atom is 0.199 e. The summed E-state index contributed by atoms with van der Waals surface area (Å²) in [5.41, 5.74) is 0. The van der Waals surface area contributed by atoms with Gasteiger partial charge in [-0.05, 0) is 44.9 Å². The number of aliphatic hydroxyl groups is 1. The van der Waals surface area contributed by atoms with Gasteiger partial charge < -0.3 is 14.4 Å². The molecule has 0 saturated carbocycles. The highest BCUT2D eigenvalue weighted by molar-refractivity contribution is 7.71. The lowest BCUT2D eigenvalue weighted by Gasteiger charge is -2.27. The van der Waals surface area contributed by atoms with Crippen molar-refractivity contribution in [3.8, 4) is 0 Å². The zero-order valence-corrected chi connectivity index (χ0v) is 13.8. The molecular weight excluding hydrogens is 288 g/mol. The summed E-state index contributed by atoms with van der Waals surface area (Å²) in [6.07, 6.45) is 4.83. The molecule has 0 spiro atoms. The van der Waals surface area contributed by atoms with Crippen LogP contribution in [0.4, 0.5) is 0 Å². The van der Waals surface area contributed by atoms with E-state index in [9.17, 15) is 5.11 Å². The average Bonchev–Trinajstić information content (AvgIpc) is 2.77. The van der Waals surface area contributed by atoms with Gasteiger partial charge in [-0.2, -0.15) is 5.10 Å². The summed E-state index contributed by atoms with van der Waals surface area (Å²) in [4.78, 5) is 2.18. The Kier molecular flexibility index (Phi) is 6.35. The predicted molar refractivity (Wildman–Crippen MR) is 83.5 cm³/mol. The van der Waals surface area contributed by atoms with Crippen LogP contribution in [0.15, 0.2) is 0 Å². The normalized spacial score (nSPS) is 19.3. The van der Waals surface area contributed by atoms with Crippen LogP contribution in [0.25, 0.3) is 0 Å². The van der Waals surface area contributed by atoms with Gasteiger partial charge in [0.25, 0.3) is 0 Å². The van der Waals surface area contributed by atoms with E-state index >= 15 is 0 Å². The first-order valence-electron chi connectivity index (χ1n) is 7.73. The predicted octanol–water partition coefficient (Wildman–Crippen LogP) is 1.77. The molecule has 1 N–H and O–H groups in total. The van der Waals surface area contributed by atoms with Crippen molar-refractivity contribution in [1.29, 1.82) is 0 Å². The quantitative estimate of drug-likeness (QED) is 0.778. The fraction of sp³-hybridized carbons (Fsp3) is 0.857. The SMILES string of the molecule is CCCn1c(CO)nn(CN(C)CC2CCCCO2)c1=S. The summed E-state index contributed by atoms with van der Waals surface area (Å²) in [6, 6.07) is 0. The Morgan fingerprint density at radius 1 is 1.48 bits per heavy atom. The summed E-state index contributed by atoms with van der Waals surface area (Å²) in [6.45, 7) is 5.19. The molecule has 7 heteroatoms. The number of rotatable bonds is 7. The first-order chi connectivity index (χ1) is 10.2. The third-order valence-corrected chi connectivity index (χ3v) is 4.18. The van der Waals surface area contributed by atoms with E-state index in [4.69, 9.17) is 17.0 Å². The van der Waals surface area contributed by atoms with Crippen LogP contribution in [0.5, 0.6) is 0 Å². The molecule has 1 aromatic rings. The highest BCUT2D eigenvalue weighted by Gasteiger charge is 2.17. The Bertz CT molecular complexity index is 494. The Morgan fingerprint density at radius 3 is 2.90 bits per heavy atom. The van der Waals surface area contributed by atoms with Crippen molar-refractivity contribution >= 4 is 12.2 Å². The molecule has 6 nitrogen and oxygen atoms in total.